The average Bonchev–Trinajstić information content (AvgIpc) is 2.08. The van der Waals surface area contributed by atoms with Gasteiger partial charge < -0.3 is 5.73 Å². The molecule has 1 rings (SSSR count). The van der Waals surface area contributed by atoms with E-state index in [1.54, 1.807) is 0 Å². The predicted molar refractivity (Wildman–Crippen MR) is 39.4 cm³/mol. The molecule has 0 spiro atoms. The summed E-state index contributed by atoms with van der Waals surface area (Å²) >= 11 is 0. The van der Waals surface area contributed by atoms with Crippen molar-refractivity contribution in [2.45, 2.75) is 13.8 Å². The monoisotopic (exact) mass is 124 g/mol. The molecule has 1 heterocycles. The van der Waals surface area contributed by atoms with Gasteiger partial charge in [-0.3, -0.25) is 4.99 Å². The Balaban J connectivity index is 2.78. The normalized spacial score (nSPS) is 22.3. The predicted octanol–water partition coefficient (Wildman–Crippen LogP) is 0.940. The van der Waals surface area contributed by atoms with Gasteiger partial charge in [0.15, 0.2) is 0 Å². The Morgan fingerprint density at radius 2 is 2.33 bits per heavy atom. The number of rotatable bonds is 1. The van der Waals surface area contributed by atoms with E-state index < -0.39 is 0 Å². The van der Waals surface area contributed by atoms with Crippen molar-refractivity contribution in [2.75, 3.05) is 6.54 Å². The van der Waals surface area contributed by atoms with Gasteiger partial charge in [-0.1, -0.05) is 13.8 Å². The van der Waals surface area contributed by atoms with Gasteiger partial charge in [-0.2, -0.15) is 0 Å². The summed E-state index contributed by atoms with van der Waals surface area (Å²) in [6, 6.07) is 0. The van der Waals surface area contributed by atoms with E-state index in [1.807, 2.05) is 12.4 Å². The molecule has 0 unspecified atom stereocenters. The molecular weight excluding hydrogens is 112 g/mol. The minimum absolute atomic E-state index is 0.106. The van der Waals surface area contributed by atoms with Crippen LogP contribution < -0.4 is 5.73 Å². The van der Waals surface area contributed by atoms with Crippen molar-refractivity contribution in [3.05, 3.63) is 11.8 Å². The number of hydrogen-bond donors (Lipinski definition) is 1. The van der Waals surface area contributed by atoms with E-state index >= 15 is 0 Å². The van der Waals surface area contributed by atoms with Gasteiger partial charge in [0.1, 0.15) is 0 Å². The van der Waals surface area contributed by atoms with Crippen LogP contribution in [0.4, 0.5) is 0 Å². The Kier molecular flexibility index (Phi) is 1.41. The molecule has 9 heavy (non-hydrogen) atoms. The fourth-order valence-corrected chi connectivity index (χ4v) is 0.879. The highest BCUT2D eigenvalue weighted by atomic mass is 14.7. The molecule has 2 heteroatoms. The fourth-order valence-electron chi connectivity index (χ4n) is 0.879. The van der Waals surface area contributed by atoms with Crippen molar-refractivity contribution in [2.24, 2.45) is 16.1 Å². The molecule has 2 nitrogen and oxygen atoms in total. The van der Waals surface area contributed by atoms with Crippen molar-refractivity contribution in [1.82, 2.24) is 0 Å². The topological polar surface area (TPSA) is 38.4 Å². The number of aliphatic imine (C=N–C) groups is 1. The molecule has 0 saturated carbocycles. The van der Waals surface area contributed by atoms with E-state index in [-0.39, 0.29) is 5.41 Å². The molecule has 0 atom stereocenters. The van der Waals surface area contributed by atoms with E-state index in [1.165, 1.54) is 5.57 Å². The van der Waals surface area contributed by atoms with Crippen molar-refractivity contribution < 1.29 is 0 Å². The quantitative estimate of drug-likeness (QED) is 0.555. The van der Waals surface area contributed by atoms with Gasteiger partial charge in [0.2, 0.25) is 0 Å². The van der Waals surface area contributed by atoms with E-state index in [0.717, 1.165) is 0 Å². The molecule has 2 N–H and O–H groups in total. The summed E-state index contributed by atoms with van der Waals surface area (Å²) in [5, 5.41) is 0. The SMILES string of the molecule is CC1(C)C=NC=C1CN. The third kappa shape index (κ3) is 1.03. The fraction of sp³-hybridized carbons (Fsp3) is 0.571. The lowest BCUT2D eigenvalue weighted by atomic mass is 9.88. The summed E-state index contributed by atoms with van der Waals surface area (Å²) < 4.78 is 0. The zero-order valence-corrected chi connectivity index (χ0v) is 5.89. The second kappa shape index (κ2) is 1.95. The number of hydrogen-bond acceptors (Lipinski definition) is 2. The molecular formula is C7H12N2. The second-order valence-electron chi connectivity index (χ2n) is 2.86. The third-order valence-corrected chi connectivity index (χ3v) is 1.68. The van der Waals surface area contributed by atoms with Crippen molar-refractivity contribution in [3.8, 4) is 0 Å². The van der Waals surface area contributed by atoms with Gasteiger partial charge in [0, 0.05) is 24.4 Å². The molecule has 0 fully saturated rings. The highest BCUT2D eigenvalue weighted by molar-refractivity contribution is 5.73. The Hall–Kier alpha value is -0.630. The summed E-state index contributed by atoms with van der Waals surface area (Å²) in [6.07, 6.45) is 3.77. The molecule has 0 aromatic carbocycles. The van der Waals surface area contributed by atoms with Crippen LogP contribution in [0.15, 0.2) is 16.8 Å². The maximum atomic E-state index is 5.46. The van der Waals surface area contributed by atoms with Crippen LogP contribution in [-0.2, 0) is 0 Å². The lowest BCUT2D eigenvalue weighted by molar-refractivity contribution is 0.640. The highest BCUT2D eigenvalue weighted by Crippen LogP contribution is 2.26. The van der Waals surface area contributed by atoms with Gasteiger partial charge in [-0.05, 0) is 5.57 Å². The summed E-state index contributed by atoms with van der Waals surface area (Å²) in [5.41, 5.74) is 6.78. The van der Waals surface area contributed by atoms with Crippen LogP contribution in [0.1, 0.15) is 13.8 Å². The first kappa shape index (κ1) is 6.49. The Labute approximate surface area is 55.5 Å². The maximum absolute atomic E-state index is 5.46. The molecule has 0 aromatic heterocycles. The molecule has 0 saturated heterocycles. The van der Waals surface area contributed by atoms with E-state index in [0.29, 0.717) is 6.54 Å². The summed E-state index contributed by atoms with van der Waals surface area (Å²) in [7, 11) is 0. The average molecular weight is 124 g/mol. The van der Waals surface area contributed by atoms with Crippen LogP contribution in [0.25, 0.3) is 0 Å². The molecule has 1 aliphatic rings. The van der Waals surface area contributed by atoms with Crippen LogP contribution >= 0.6 is 0 Å². The Morgan fingerprint density at radius 3 is 2.56 bits per heavy atom. The van der Waals surface area contributed by atoms with Crippen molar-refractivity contribution in [3.63, 3.8) is 0 Å². The molecule has 0 radical (unpaired) electrons. The zero-order chi connectivity index (χ0) is 6.91. The molecule has 50 valence electrons. The first-order valence-corrected chi connectivity index (χ1v) is 3.11. The van der Waals surface area contributed by atoms with Crippen molar-refractivity contribution in [1.29, 1.82) is 0 Å². The van der Waals surface area contributed by atoms with Crippen LogP contribution in [0.5, 0.6) is 0 Å². The summed E-state index contributed by atoms with van der Waals surface area (Å²) in [4.78, 5) is 4.02. The Morgan fingerprint density at radius 1 is 1.67 bits per heavy atom. The molecule has 0 amide bonds. The number of nitrogens with zero attached hydrogens (tertiary/aromatic N) is 1. The van der Waals surface area contributed by atoms with Crippen LogP contribution in [0, 0.1) is 5.41 Å². The summed E-state index contributed by atoms with van der Waals surface area (Å²) in [6.45, 7) is 4.84. The summed E-state index contributed by atoms with van der Waals surface area (Å²) in [5.74, 6) is 0. The molecule has 1 aliphatic heterocycles. The molecule has 0 aromatic rings. The molecule has 0 aliphatic carbocycles. The second-order valence-corrected chi connectivity index (χ2v) is 2.86. The minimum atomic E-state index is 0.106. The Bertz CT molecular complexity index is 166. The minimum Gasteiger partial charge on any atom is -0.327 e. The first-order chi connectivity index (χ1) is 4.17. The van der Waals surface area contributed by atoms with Crippen LogP contribution in [0.2, 0.25) is 0 Å². The van der Waals surface area contributed by atoms with Gasteiger partial charge in [0.05, 0.1) is 0 Å². The van der Waals surface area contributed by atoms with E-state index in [4.69, 9.17) is 5.73 Å². The maximum Gasteiger partial charge on any atom is 0.0278 e. The smallest absolute Gasteiger partial charge is 0.0278 e. The van der Waals surface area contributed by atoms with E-state index in [9.17, 15) is 0 Å². The van der Waals surface area contributed by atoms with Gasteiger partial charge in [-0.25, -0.2) is 0 Å². The lowest BCUT2D eigenvalue weighted by Crippen LogP contribution is -2.19. The van der Waals surface area contributed by atoms with Crippen LogP contribution in [0.3, 0.4) is 0 Å². The standard InChI is InChI=1S/C7H12N2/c1-7(2)5-9-4-6(7)3-8/h4-5H,3,8H2,1-2H3. The van der Waals surface area contributed by atoms with Gasteiger partial charge >= 0.3 is 0 Å². The molecule has 0 bridgehead atoms. The largest absolute Gasteiger partial charge is 0.327 e. The third-order valence-electron chi connectivity index (χ3n) is 1.68. The van der Waals surface area contributed by atoms with Crippen molar-refractivity contribution >= 4 is 6.21 Å². The zero-order valence-electron chi connectivity index (χ0n) is 5.89. The van der Waals surface area contributed by atoms with Gasteiger partial charge in [0.25, 0.3) is 0 Å². The lowest BCUT2D eigenvalue weighted by Gasteiger charge is -2.16. The number of nitrogens with two attached hydrogens (primary N) is 1. The van der Waals surface area contributed by atoms with Gasteiger partial charge in [-0.15, -0.1) is 0 Å². The van der Waals surface area contributed by atoms with Crippen LogP contribution in [-0.4, -0.2) is 12.8 Å². The first-order valence-electron chi connectivity index (χ1n) is 3.11. The van der Waals surface area contributed by atoms with E-state index in [2.05, 4.69) is 18.8 Å². The highest BCUT2D eigenvalue weighted by Gasteiger charge is 2.22.